The molecule has 1 aromatic carbocycles. The van der Waals surface area contributed by atoms with Gasteiger partial charge in [0.25, 0.3) is 0 Å². The number of amides is 1. The molecule has 0 unspecified atom stereocenters. The number of aromatic nitrogens is 3. The molecule has 6 heteroatoms. The maximum atomic E-state index is 12.0. The highest BCUT2D eigenvalue weighted by Gasteiger charge is 2.29. The van der Waals surface area contributed by atoms with Crippen LogP contribution in [0.25, 0.3) is 22.2 Å². The van der Waals surface area contributed by atoms with Crippen LogP contribution in [-0.4, -0.2) is 27.6 Å². The molecule has 6 nitrogen and oxygen atoms in total. The number of carbonyl (C=O) groups excluding carboxylic acids is 1. The fraction of sp³-hybridized carbons (Fsp3) is 0.350. The van der Waals surface area contributed by atoms with Crippen molar-refractivity contribution in [3.05, 3.63) is 42.0 Å². The van der Waals surface area contributed by atoms with Gasteiger partial charge >= 0.3 is 0 Å². The van der Waals surface area contributed by atoms with Crippen LogP contribution in [0, 0.1) is 12.8 Å². The number of benzene rings is 1. The molecule has 0 atom stereocenters. The molecule has 0 saturated heterocycles. The molecule has 1 fully saturated rings. The predicted molar refractivity (Wildman–Crippen MR) is 99.8 cm³/mol. The second-order valence-electron chi connectivity index (χ2n) is 6.82. The van der Waals surface area contributed by atoms with E-state index in [1.54, 1.807) is 7.11 Å². The molecule has 1 saturated carbocycles. The van der Waals surface area contributed by atoms with Crippen molar-refractivity contribution in [2.45, 2.75) is 26.3 Å². The van der Waals surface area contributed by atoms with Gasteiger partial charge in [-0.25, -0.2) is 9.97 Å². The second-order valence-corrected chi connectivity index (χ2v) is 6.82. The zero-order valence-electron chi connectivity index (χ0n) is 15.2. The monoisotopic (exact) mass is 350 g/mol. The number of rotatable bonds is 5. The van der Waals surface area contributed by atoms with E-state index in [9.17, 15) is 4.79 Å². The van der Waals surface area contributed by atoms with Crippen LogP contribution < -0.4 is 10.1 Å². The Hall–Kier alpha value is -2.89. The Kier molecular flexibility index (Phi) is 4.11. The molecular weight excluding hydrogens is 328 g/mol. The molecule has 4 rings (SSSR count). The lowest BCUT2D eigenvalue weighted by atomic mass is 10.1. The highest BCUT2D eigenvalue weighted by atomic mass is 16.5. The molecule has 2 aromatic heterocycles. The van der Waals surface area contributed by atoms with Crippen molar-refractivity contribution in [3.8, 4) is 17.0 Å². The summed E-state index contributed by atoms with van der Waals surface area (Å²) in [6, 6.07) is 6.02. The van der Waals surface area contributed by atoms with Crippen molar-refractivity contribution in [2.75, 3.05) is 7.11 Å². The fourth-order valence-electron chi connectivity index (χ4n) is 3.22. The lowest BCUT2D eigenvalue weighted by Gasteiger charge is -2.10. The SMILES string of the molecule is COc1ccc2c(c1)c(-c1nc(C)ncc1CNC(=O)C1CC1)cn2C. The van der Waals surface area contributed by atoms with Gasteiger partial charge in [-0.2, -0.15) is 0 Å². The number of hydrogen-bond donors (Lipinski definition) is 1. The normalized spacial score (nSPS) is 13.8. The first-order valence-corrected chi connectivity index (χ1v) is 8.80. The number of nitrogens with one attached hydrogen (secondary N) is 1. The van der Waals surface area contributed by atoms with Crippen LogP contribution >= 0.6 is 0 Å². The zero-order chi connectivity index (χ0) is 18.3. The van der Waals surface area contributed by atoms with Gasteiger partial charge in [-0.1, -0.05) is 0 Å². The average Bonchev–Trinajstić information content (AvgIpc) is 3.45. The van der Waals surface area contributed by atoms with Crippen LogP contribution in [0.2, 0.25) is 0 Å². The summed E-state index contributed by atoms with van der Waals surface area (Å²) in [5.41, 5.74) is 3.89. The van der Waals surface area contributed by atoms with Gasteiger partial charge in [0.05, 0.1) is 12.8 Å². The summed E-state index contributed by atoms with van der Waals surface area (Å²) < 4.78 is 7.47. The average molecular weight is 350 g/mol. The number of fused-ring (bicyclic) bond motifs is 1. The number of nitrogens with zero attached hydrogens (tertiary/aromatic N) is 3. The Labute approximate surface area is 152 Å². The topological polar surface area (TPSA) is 69.0 Å². The maximum Gasteiger partial charge on any atom is 0.223 e. The molecular formula is C20H22N4O2. The van der Waals surface area contributed by atoms with Crippen molar-refractivity contribution in [3.63, 3.8) is 0 Å². The van der Waals surface area contributed by atoms with Gasteiger partial charge in [-0.3, -0.25) is 4.79 Å². The minimum Gasteiger partial charge on any atom is -0.497 e. The van der Waals surface area contributed by atoms with E-state index in [4.69, 9.17) is 4.74 Å². The Morgan fingerprint density at radius 1 is 1.38 bits per heavy atom. The Balaban J connectivity index is 1.77. The summed E-state index contributed by atoms with van der Waals surface area (Å²) in [5.74, 6) is 1.82. The van der Waals surface area contributed by atoms with E-state index < -0.39 is 0 Å². The highest BCUT2D eigenvalue weighted by Crippen LogP contribution is 2.34. The summed E-state index contributed by atoms with van der Waals surface area (Å²) in [5, 5.41) is 4.09. The number of methoxy groups -OCH3 is 1. The molecule has 1 aliphatic rings. The van der Waals surface area contributed by atoms with Gasteiger partial charge in [0.15, 0.2) is 0 Å². The standard InChI is InChI=1S/C20H22N4O2/c1-12-21-9-14(10-22-20(25)13-4-5-13)19(23-12)17-11-24(2)18-7-6-15(26-3)8-16(17)18/h6-9,11,13H,4-5,10H2,1-3H3,(H,22,25). The molecule has 0 radical (unpaired) electrons. The van der Waals surface area contributed by atoms with Crippen LogP contribution in [0.4, 0.5) is 0 Å². The fourth-order valence-corrected chi connectivity index (χ4v) is 3.22. The van der Waals surface area contributed by atoms with Gasteiger partial charge in [0, 0.05) is 53.9 Å². The molecule has 0 bridgehead atoms. The third-order valence-electron chi connectivity index (χ3n) is 4.84. The Morgan fingerprint density at radius 2 is 2.19 bits per heavy atom. The van der Waals surface area contributed by atoms with Crippen LogP contribution in [-0.2, 0) is 18.4 Å². The van der Waals surface area contributed by atoms with E-state index in [1.165, 1.54) is 0 Å². The molecule has 1 N–H and O–H groups in total. The summed E-state index contributed by atoms with van der Waals surface area (Å²) in [7, 11) is 3.68. The molecule has 1 aliphatic carbocycles. The van der Waals surface area contributed by atoms with Gasteiger partial charge in [0.2, 0.25) is 5.91 Å². The van der Waals surface area contributed by atoms with E-state index in [0.717, 1.165) is 46.3 Å². The van der Waals surface area contributed by atoms with Crippen LogP contribution in [0.1, 0.15) is 24.2 Å². The summed E-state index contributed by atoms with van der Waals surface area (Å²) >= 11 is 0. The second kappa shape index (κ2) is 6.44. The van der Waals surface area contributed by atoms with Crippen LogP contribution in [0.15, 0.2) is 30.6 Å². The number of hydrogen-bond acceptors (Lipinski definition) is 4. The van der Waals surface area contributed by atoms with Crippen LogP contribution in [0.5, 0.6) is 5.75 Å². The molecule has 2 heterocycles. The summed E-state index contributed by atoms with van der Waals surface area (Å²) in [6.07, 6.45) is 5.86. The molecule has 0 aliphatic heterocycles. The molecule has 26 heavy (non-hydrogen) atoms. The Morgan fingerprint density at radius 3 is 2.92 bits per heavy atom. The van der Waals surface area contributed by atoms with Crippen molar-refractivity contribution < 1.29 is 9.53 Å². The molecule has 3 aromatic rings. The van der Waals surface area contributed by atoms with Gasteiger partial charge in [-0.05, 0) is 38.0 Å². The van der Waals surface area contributed by atoms with Gasteiger partial charge in [-0.15, -0.1) is 0 Å². The highest BCUT2D eigenvalue weighted by molar-refractivity contribution is 5.96. The smallest absolute Gasteiger partial charge is 0.223 e. The third kappa shape index (κ3) is 3.03. The first-order chi connectivity index (χ1) is 12.6. The van der Waals surface area contributed by atoms with E-state index in [-0.39, 0.29) is 11.8 Å². The molecule has 0 spiro atoms. The number of aryl methyl sites for hydroxylation is 2. The minimum atomic E-state index is 0.121. The van der Waals surface area contributed by atoms with E-state index in [1.807, 2.05) is 38.4 Å². The van der Waals surface area contributed by atoms with Gasteiger partial charge < -0.3 is 14.6 Å². The predicted octanol–water partition coefficient (Wildman–Crippen LogP) is 2.98. The minimum absolute atomic E-state index is 0.121. The number of ether oxygens (including phenoxy) is 1. The van der Waals surface area contributed by atoms with Crippen molar-refractivity contribution in [2.24, 2.45) is 13.0 Å². The summed E-state index contributed by atoms with van der Waals surface area (Å²) in [4.78, 5) is 21.0. The lowest BCUT2D eigenvalue weighted by molar-refractivity contribution is -0.122. The molecule has 1 amide bonds. The van der Waals surface area contributed by atoms with E-state index >= 15 is 0 Å². The van der Waals surface area contributed by atoms with Crippen molar-refractivity contribution in [1.82, 2.24) is 19.9 Å². The third-order valence-corrected chi connectivity index (χ3v) is 4.84. The number of carbonyl (C=O) groups is 1. The van der Waals surface area contributed by atoms with Crippen LogP contribution in [0.3, 0.4) is 0 Å². The first-order valence-electron chi connectivity index (χ1n) is 8.80. The van der Waals surface area contributed by atoms with E-state index in [2.05, 4.69) is 26.0 Å². The summed E-state index contributed by atoms with van der Waals surface area (Å²) in [6.45, 7) is 2.31. The van der Waals surface area contributed by atoms with Crippen molar-refractivity contribution in [1.29, 1.82) is 0 Å². The zero-order valence-corrected chi connectivity index (χ0v) is 15.2. The largest absolute Gasteiger partial charge is 0.497 e. The Bertz CT molecular complexity index is 989. The lowest BCUT2D eigenvalue weighted by Crippen LogP contribution is -2.24. The molecule has 134 valence electrons. The van der Waals surface area contributed by atoms with E-state index in [0.29, 0.717) is 12.4 Å². The first kappa shape index (κ1) is 16.6. The quantitative estimate of drug-likeness (QED) is 0.768. The maximum absolute atomic E-state index is 12.0. The van der Waals surface area contributed by atoms with Gasteiger partial charge in [0.1, 0.15) is 11.6 Å². The van der Waals surface area contributed by atoms with Crippen molar-refractivity contribution >= 4 is 16.8 Å².